The third kappa shape index (κ3) is 2.97. The Morgan fingerprint density at radius 2 is 2.04 bits per heavy atom. The van der Waals surface area contributed by atoms with Gasteiger partial charge < -0.3 is 9.80 Å². The average molecular weight is 354 g/mol. The summed E-state index contributed by atoms with van der Waals surface area (Å²) in [4.78, 5) is 18.1. The molecule has 1 aromatic carbocycles. The number of amides is 1. The highest BCUT2D eigenvalue weighted by molar-refractivity contribution is 5.98. The molecule has 2 fully saturated rings. The molecule has 1 aromatic rings. The van der Waals surface area contributed by atoms with Crippen molar-refractivity contribution >= 4 is 11.6 Å². The number of benzene rings is 1. The first-order valence-corrected chi connectivity index (χ1v) is 9.80. The van der Waals surface area contributed by atoms with Gasteiger partial charge in [-0.3, -0.25) is 4.79 Å². The minimum absolute atomic E-state index is 0.0647. The summed E-state index contributed by atoms with van der Waals surface area (Å²) in [6.45, 7) is 6.55. The lowest BCUT2D eigenvalue weighted by Gasteiger charge is -2.38. The van der Waals surface area contributed by atoms with E-state index in [2.05, 4.69) is 30.8 Å². The van der Waals surface area contributed by atoms with Crippen LogP contribution in [0.1, 0.15) is 36.5 Å². The van der Waals surface area contributed by atoms with Crippen molar-refractivity contribution in [1.29, 1.82) is 0 Å². The summed E-state index contributed by atoms with van der Waals surface area (Å²) < 4.78 is 0. The fourth-order valence-corrected chi connectivity index (χ4v) is 5.26. The van der Waals surface area contributed by atoms with Crippen molar-refractivity contribution in [2.75, 3.05) is 40.3 Å². The molecule has 2 aliphatic heterocycles. The molecule has 26 heavy (non-hydrogen) atoms. The molecule has 0 N–H and O–H groups in total. The van der Waals surface area contributed by atoms with Gasteiger partial charge in [-0.05, 0) is 51.9 Å². The van der Waals surface area contributed by atoms with E-state index in [0.29, 0.717) is 11.8 Å². The maximum atomic E-state index is 13.2. The first kappa shape index (κ1) is 17.7. The zero-order valence-corrected chi connectivity index (χ0v) is 16.2. The standard InChI is InChI=1S/C21H30N4O/c1-16-13-21(25(22-16)20(26)17-7-5-4-6-8-17)10-9-18-14-24(15-19(18)21)12-11-23(2)3/h4-8,18-19H,9-15H2,1-3H3/t18-,19+,21+/m0/s1. The molecule has 2 heterocycles. The van der Waals surface area contributed by atoms with Crippen LogP contribution in [-0.4, -0.2) is 72.2 Å². The summed E-state index contributed by atoms with van der Waals surface area (Å²) in [6.07, 6.45) is 3.24. The van der Waals surface area contributed by atoms with E-state index in [-0.39, 0.29) is 11.4 Å². The number of rotatable bonds is 4. The molecule has 5 heteroatoms. The Hall–Kier alpha value is -1.72. The summed E-state index contributed by atoms with van der Waals surface area (Å²) in [6, 6.07) is 9.63. The third-order valence-corrected chi connectivity index (χ3v) is 6.49. The molecular weight excluding hydrogens is 324 g/mol. The first-order chi connectivity index (χ1) is 12.5. The summed E-state index contributed by atoms with van der Waals surface area (Å²) >= 11 is 0. The van der Waals surface area contributed by atoms with Crippen LogP contribution in [0, 0.1) is 11.8 Å². The Morgan fingerprint density at radius 3 is 2.77 bits per heavy atom. The van der Waals surface area contributed by atoms with Crippen molar-refractivity contribution in [3.05, 3.63) is 35.9 Å². The van der Waals surface area contributed by atoms with Crippen LogP contribution in [0.15, 0.2) is 35.4 Å². The monoisotopic (exact) mass is 354 g/mol. The number of carbonyl (C=O) groups excluding carboxylic acids is 1. The van der Waals surface area contributed by atoms with E-state index in [9.17, 15) is 4.79 Å². The Balaban J connectivity index is 1.56. The fraction of sp³-hybridized carbons (Fsp3) is 0.619. The van der Waals surface area contributed by atoms with Gasteiger partial charge in [0.15, 0.2) is 0 Å². The number of nitrogens with zero attached hydrogens (tertiary/aromatic N) is 4. The van der Waals surface area contributed by atoms with Gasteiger partial charge in [-0.25, -0.2) is 5.01 Å². The van der Waals surface area contributed by atoms with E-state index in [1.165, 1.54) is 13.0 Å². The molecule has 4 rings (SSSR count). The van der Waals surface area contributed by atoms with Gasteiger partial charge in [0.2, 0.25) is 0 Å². The summed E-state index contributed by atoms with van der Waals surface area (Å²) in [5.74, 6) is 1.30. The third-order valence-electron chi connectivity index (χ3n) is 6.49. The van der Waals surface area contributed by atoms with Crippen LogP contribution in [-0.2, 0) is 0 Å². The fourth-order valence-electron chi connectivity index (χ4n) is 5.26. The number of hydrazone groups is 1. The van der Waals surface area contributed by atoms with Crippen LogP contribution in [0.25, 0.3) is 0 Å². The van der Waals surface area contributed by atoms with Gasteiger partial charge in [0, 0.05) is 49.8 Å². The molecule has 5 nitrogen and oxygen atoms in total. The Morgan fingerprint density at radius 1 is 1.27 bits per heavy atom. The molecule has 0 radical (unpaired) electrons. The number of hydrogen-bond acceptors (Lipinski definition) is 4. The van der Waals surface area contributed by atoms with Gasteiger partial charge in [-0.15, -0.1) is 0 Å². The van der Waals surface area contributed by atoms with Gasteiger partial charge in [0.25, 0.3) is 5.91 Å². The second-order valence-corrected chi connectivity index (χ2v) is 8.57. The van der Waals surface area contributed by atoms with E-state index in [1.54, 1.807) is 0 Å². The number of likely N-dealkylation sites (N-methyl/N-ethyl adjacent to an activating group) is 1. The highest BCUT2D eigenvalue weighted by Crippen LogP contribution is 2.52. The van der Waals surface area contributed by atoms with Crippen molar-refractivity contribution in [2.24, 2.45) is 16.9 Å². The second-order valence-electron chi connectivity index (χ2n) is 8.57. The van der Waals surface area contributed by atoms with Crippen molar-refractivity contribution in [2.45, 2.75) is 31.7 Å². The molecule has 3 atom stereocenters. The molecule has 0 aromatic heterocycles. The summed E-state index contributed by atoms with van der Waals surface area (Å²) in [5.41, 5.74) is 1.74. The lowest BCUT2D eigenvalue weighted by molar-refractivity contribution is 0.0418. The van der Waals surface area contributed by atoms with E-state index < -0.39 is 0 Å². The largest absolute Gasteiger partial charge is 0.308 e. The van der Waals surface area contributed by atoms with Crippen LogP contribution in [0.4, 0.5) is 0 Å². The quantitative estimate of drug-likeness (QED) is 0.834. The van der Waals surface area contributed by atoms with E-state index in [0.717, 1.165) is 43.8 Å². The molecule has 140 valence electrons. The number of hydrogen-bond donors (Lipinski definition) is 0. The average Bonchev–Trinajstić information content (AvgIpc) is 3.28. The minimum Gasteiger partial charge on any atom is -0.308 e. The lowest BCUT2D eigenvalue weighted by atomic mass is 9.81. The Kier molecular flexibility index (Phi) is 4.61. The highest BCUT2D eigenvalue weighted by atomic mass is 16.2. The van der Waals surface area contributed by atoms with E-state index >= 15 is 0 Å². The molecule has 1 spiro atoms. The molecular formula is C21H30N4O. The minimum atomic E-state index is -0.103. The first-order valence-electron chi connectivity index (χ1n) is 9.80. The van der Waals surface area contributed by atoms with Gasteiger partial charge in [-0.1, -0.05) is 18.2 Å². The molecule has 3 aliphatic rings. The summed E-state index contributed by atoms with van der Waals surface area (Å²) in [7, 11) is 4.26. The molecule has 1 aliphatic carbocycles. The van der Waals surface area contributed by atoms with Crippen LogP contribution in [0.5, 0.6) is 0 Å². The normalized spacial score (nSPS) is 31.1. The zero-order chi connectivity index (χ0) is 18.3. The van der Waals surface area contributed by atoms with Gasteiger partial charge >= 0.3 is 0 Å². The topological polar surface area (TPSA) is 39.2 Å². The van der Waals surface area contributed by atoms with Gasteiger partial charge in [0.05, 0.1) is 5.54 Å². The van der Waals surface area contributed by atoms with Gasteiger partial charge in [-0.2, -0.15) is 5.10 Å². The van der Waals surface area contributed by atoms with Gasteiger partial charge in [0.1, 0.15) is 0 Å². The van der Waals surface area contributed by atoms with Crippen LogP contribution < -0.4 is 0 Å². The lowest BCUT2D eigenvalue weighted by Crippen LogP contribution is -2.50. The smallest absolute Gasteiger partial charge is 0.274 e. The predicted octanol–water partition coefficient (Wildman–Crippen LogP) is 2.55. The number of carbonyl (C=O) groups is 1. The molecule has 0 unspecified atom stereocenters. The zero-order valence-electron chi connectivity index (χ0n) is 16.2. The van der Waals surface area contributed by atoms with Crippen molar-refractivity contribution in [3.8, 4) is 0 Å². The Labute approximate surface area is 156 Å². The maximum Gasteiger partial charge on any atom is 0.274 e. The van der Waals surface area contributed by atoms with Crippen molar-refractivity contribution in [3.63, 3.8) is 0 Å². The molecule has 1 amide bonds. The van der Waals surface area contributed by atoms with E-state index in [1.807, 2.05) is 35.3 Å². The van der Waals surface area contributed by atoms with Crippen LogP contribution in [0.3, 0.4) is 0 Å². The predicted molar refractivity (Wildman–Crippen MR) is 104 cm³/mol. The number of likely N-dealkylation sites (tertiary alicyclic amines) is 1. The molecule has 0 bridgehead atoms. The second kappa shape index (κ2) is 6.78. The molecule has 1 saturated carbocycles. The number of fused-ring (bicyclic) bond motifs is 2. The van der Waals surface area contributed by atoms with Crippen molar-refractivity contribution in [1.82, 2.24) is 14.8 Å². The van der Waals surface area contributed by atoms with E-state index in [4.69, 9.17) is 5.10 Å². The maximum absolute atomic E-state index is 13.2. The van der Waals surface area contributed by atoms with Crippen LogP contribution in [0.2, 0.25) is 0 Å². The van der Waals surface area contributed by atoms with Crippen LogP contribution >= 0.6 is 0 Å². The van der Waals surface area contributed by atoms with Crippen molar-refractivity contribution < 1.29 is 4.79 Å². The Bertz CT molecular complexity index is 701. The highest BCUT2D eigenvalue weighted by Gasteiger charge is 2.58. The summed E-state index contributed by atoms with van der Waals surface area (Å²) in [5, 5.41) is 6.61. The molecule has 1 saturated heterocycles. The SMILES string of the molecule is CC1=NN(C(=O)c2ccccc2)[C@]2(CC[C@H]3CN(CCN(C)C)C[C@H]32)C1.